The van der Waals surface area contributed by atoms with Crippen LogP contribution in [0.3, 0.4) is 0 Å². The van der Waals surface area contributed by atoms with Gasteiger partial charge in [0.2, 0.25) is 0 Å². The second kappa shape index (κ2) is 7.22. The van der Waals surface area contributed by atoms with Gasteiger partial charge in [0.1, 0.15) is 6.04 Å². The summed E-state index contributed by atoms with van der Waals surface area (Å²) in [6.07, 6.45) is 4.22. The number of hydrogen-bond donors (Lipinski definition) is 1. The Hall–Kier alpha value is -0.650. The fourth-order valence-corrected chi connectivity index (χ4v) is 3.11. The summed E-state index contributed by atoms with van der Waals surface area (Å²) in [4.78, 5) is 15.9. The summed E-state index contributed by atoms with van der Waals surface area (Å²) >= 11 is 0. The summed E-state index contributed by atoms with van der Waals surface area (Å²) in [7, 11) is 0. The van der Waals surface area contributed by atoms with Crippen molar-refractivity contribution in [2.24, 2.45) is 0 Å². The van der Waals surface area contributed by atoms with Crippen LogP contribution in [-0.4, -0.2) is 72.4 Å². The molecule has 2 rings (SSSR count). The molecule has 0 bridgehead atoms. The van der Waals surface area contributed by atoms with E-state index >= 15 is 0 Å². The molecule has 2 unspecified atom stereocenters. The molecule has 2 aliphatic rings. The summed E-state index contributed by atoms with van der Waals surface area (Å²) in [6.45, 7) is 7.55. The number of morpholine rings is 1. The molecule has 0 saturated carbocycles. The van der Waals surface area contributed by atoms with Gasteiger partial charge in [0.05, 0.1) is 12.7 Å². The van der Waals surface area contributed by atoms with Crippen molar-refractivity contribution in [3.8, 4) is 0 Å². The SMILES string of the molecule is CCN1CCOC(CN2CCCCCC2C(=O)O)C1. The number of carboxylic acids is 1. The van der Waals surface area contributed by atoms with Gasteiger partial charge in [-0.15, -0.1) is 0 Å². The zero-order valence-electron chi connectivity index (χ0n) is 11.9. The van der Waals surface area contributed by atoms with Crippen molar-refractivity contribution >= 4 is 5.97 Å². The number of likely N-dealkylation sites (N-methyl/N-ethyl adjacent to an activating group) is 1. The van der Waals surface area contributed by atoms with Gasteiger partial charge < -0.3 is 9.84 Å². The van der Waals surface area contributed by atoms with E-state index in [-0.39, 0.29) is 12.1 Å². The number of nitrogens with zero attached hydrogens (tertiary/aromatic N) is 2. The van der Waals surface area contributed by atoms with Crippen LogP contribution in [0, 0.1) is 0 Å². The first-order valence-electron chi connectivity index (χ1n) is 7.51. The molecule has 0 aromatic rings. The van der Waals surface area contributed by atoms with Gasteiger partial charge in [0.15, 0.2) is 0 Å². The molecule has 2 saturated heterocycles. The van der Waals surface area contributed by atoms with E-state index in [1.165, 1.54) is 0 Å². The van der Waals surface area contributed by atoms with Crippen molar-refractivity contribution < 1.29 is 14.6 Å². The first-order chi connectivity index (χ1) is 9.20. The summed E-state index contributed by atoms with van der Waals surface area (Å²) in [5.41, 5.74) is 0. The molecule has 1 N–H and O–H groups in total. The van der Waals surface area contributed by atoms with Crippen LogP contribution in [0.2, 0.25) is 0 Å². The summed E-state index contributed by atoms with van der Waals surface area (Å²) in [5.74, 6) is -0.676. The minimum atomic E-state index is -0.676. The molecule has 2 heterocycles. The number of carbonyl (C=O) groups is 1. The molecule has 0 aromatic heterocycles. The highest BCUT2D eigenvalue weighted by molar-refractivity contribution is 5.73. The smallest absolute Gasteiger partial charge is 0.320 e. The van der Waals surface area contributed by atoms with Crippen molar-refractivity contribution in [2.75, 3.05) is 39.3 Å². The maximum Gasteiger partial charge on any atom is 0.320 e. The van der Waals surface area contributed by atoms with Crippen molar-refractivity contribution in [2.45, 2.75) is 44.8 Å². The van der Waals surface area contributed by atoms with Crippen LogP contribution in [0.4, 0.5) is 0 Å². The summed E-state index contributed by atoms with van der Waals surface area (Å²) in [6, 6.07) is -0.317. The molecule has 0 aliphatic carbocycles. The van der Waals surface area contributed by atoms with E-state index < -0.39 is 5.97 Å². The van der Waals surface area contributed by atoms with Gasteiger partial charge in [0.25, 0.3) is 0 Å². The number of ether oxygens (including phenoxy) is 1. The minimum absolute atomic E-state index is 0.161. The van der Waals surface area contributed by atoms with Crippen LogP contribution in [0.25, 0.3) is 0 Å². The minimum Gasteiger partial charge on any atom is -0.480 e. The Labute approximate surface area is 115 Å². The van der Waals surface area contributed by atoms with Crippen molar-refractivity contribution in [1.82, 2.24) is 9.80 Å². The van der Waals surface area contributed by atoms with Crippen LogP contribution in [0.5, 0.6) is 0 Å². The van der Waals surface area contributed by atoms with Gasteiger partial charge in [-0.05, 0) is 25.9 Å². The Balaban J connectivity index is 1.92. The highest BCUT2D eigenvalue weighted by Crippen LogP contribution is 2.18. The standard InChI is InChI=1S/C14H26N2O3/c1-2-15-8-9-19-12(10-15)11-16-7-5-3-4-6-13(16)14(17)18/h12-13H,2-11H2,1H3,(H,17,18). The van der Waals surface area contributed by atoms with Gasteiger partial charge in [0, 0.05) is 19.6 Å². The molecule has 2 atom stereocenters. The Morgan fingerprint density at radius 3 is 2.89 bits per heavy atom. The van der Waals surface area contributed by atoms with E-state index in [0.717, 1.165) is 65.0 Å². The Morgan fingerprint density at radius 2 is 2.16 bits per heavy atom. The zero-order valence-corrected chi connectivity index (χ0v) is 11.9. The second-order valence-electron chi connectivity index (χ2n) is 5.58. The third-order valence-corrected chi connectivity index (χ3v) is 4.26. The molecular weight excluding hydrogens is 244 g/mol. The molecule has 0 radical (unpaired) electrons. The van der Waals surface area contributed by atoms with Gasteiger partial charge in [-0.25, -0.2) is 0 Å². The van der Waals surface area contributed by atoms with Crippen LogP contribution in [0.1, 0.15) is 32.6 Å². The number of aliphatic carboxylic acids is 1. The van der Waals surface area contributed by atoms with Gasteiger partial charge in [-0.2, -0.15) is 0 Å². The summed E-state index contributed by atoms with van der Waals surface area (Å²) < 4.78 is 5.81. The Morgan fingerprint density at radius 1 is 1.32 bits per heavy atom. The largest absolute Gasteiger partial charge is 0.480 e. The van der Waals surface area contributed by atoms with E-state index in [0.29, 0.717) is 0 Å². The van der Waals surface area contributed by atoms with E-state index in [4.69, 9.17) is 4.74 Å². The molecule has 5 nitrogen and oxygen atoms in total. The molecular formula is C14H26N2O3. The van der Waals surface area contributed by atoms with Crippen molar-refractivity contribution in [1.29, 1.82) is 0 Å². The molecule has 0 spiro atoms. The van der Waals surface area contributed by atoms with E-state index in [1.807, 2.05) is 0 Å². The molecule has 0 amide bonds. The molecule has 2 aliphatic heterocycles. The predicted molar refractivity (Wildman–Crippen MR) is 73.3 cm³/mol. The lowest BCUT2D eigenvalue weighted by Gasteiger charge is -2.36. The Bertz CT molecular complexity index is 298. The van der Waals surface area contributed by atoms with Gasteiger partial charge >= 0.3 is 5.97 Å². The van der Waals surface area contributed by atoms with Crippen LogP contribution in [0.15, 0.2) is 0 Å². The van der Waals surface area contributed by atoms with E-state index in [1.54, 1.807) is 0 Å². The molecule has 5 heteroatoms. The first kappa shape index (κ1) is 14.8. The third-order valence-electron chi connectivity index (χ3n) is 4.26. The topological polar surface area (TPSA) is 53.0 Å². The quantitative estimate of drug-likeness (QED) is 0.827. The molecule has 0 aromatic carbocycles. The lowest BCUT2D eigenvalue weighted by Crippen LogP contribution is -2.51. The maximum absolute atomic E-state index is 11.4. The van der Waals surface area contributed by atoms with Gasteiger partial charge in [-0.1, -0.05) is 19.8 Å². The highest BCUT2D eigenvalue weighted by Gasteiger charge is 2.30. The monoisotopic (exact) mass is 270 g/mol. The van der Waals surface area contributed by atoms with E-state index in [2.05, 4.69) is 16.7 Å². The van der Waals surface area contributed by atoms with Crippen LogP contribution >= 0.6 is 0 Å². The second-order valence-corrected chi connectivity index (χ2v) is 5.58. The number of rotatable bonds is 4. The van der Waals surface area contributed by atoms with E-state index in [9.17, 15) is 9.90 Å². The third kappa shape index (κ3) is 4.16. The lowest BCUT2D eigenvalue weighted by molar-refractivity contribution is -0.144. The summed E-state index contributed by atoms with van der Waals surface area (Å²) in [5, 5.41) is 9.37. The van der Waals surface area contributed by atoms with Crippen LogP contribution < -0.4 is 0 Å². The maximum atomic E-state index is 11.4. The zero-order chi connectivity index (χ0) is 13.7. The van der Waals surface area contributed by atoms with Crippen molar-refractivity contribution in [3.05, 3.63) is 0 Å². The molecule has 2 fully saturated rings. The fraction of sp³-hybridized carbons (Fsp3) is 0.929. The number of hydrogen-bond acceptors (Lipinski definition) is 4. The molecule has 110 valence electrons. The first-order valence-corrected chi connectivity index (χ1v) is 7.51. The van der Waals surface area contributed by atoms with Crippen molar-refractivity contribution in [3.63, 3.8) is 0 Å². The van der Waals surface area contributed by atoms with Crippen LogP contribution in [-0.2, 0) is 9.53 Å². The lowest BCUT2D eigenvalue weighted by atomic mass is 10.1. The predicted octanol–water partition coefficient (Wildman–Crippen LogP) is 1.04. The van der Waals surface area contributed by atoms with Gasteiger partial charge in [-0.3, -0.25) is 14.6 Å². The fourth-order valence-electron chi connectivity index (χ4n) is 3.11. The molecule has 19 heavy (non-hydrogen) atoms. The number of carboxylic acid groups (broad SMARTS) is 1. The average Bonchev–Trinajstić information content (AvgIpc) is 2.64. The Kier molecular flexibility index (Phi) is 5.60. The highest BCUT2D eigenvalue weighted by atomic mass is 16.5. The normalized spacial score (nSPS) is 31.0. The average molecular weight is 270 g/mol. The number of likely N-dealkylation sites (tertiary alicyclic amines) is 1.